The lowest BCUT2D eigenvalue weighted by atomic mass is 10.1. The van der Waals surface area contributed by atoms with E-state index in [0.29, 0.717) is 12.1 Å². The minimum atomic E-state index is 0.358. The molecule has 5 aromatic rings. The van der Waals surface area contributed by atoms with Gasteiger partial charge in [0.25, 0.3) is 0 Å². The van der Waals surface area contributed by atoms with E-state index in [0.717, 1.165) is 59.6 Å². The number of benzene rings is 2. The Morgan fingerprint density at radius 3 is 1.64 bits per heavy atom. The Balaban J connectivity index is 1.18. The first kappa shape index (κ1) is 19.5. The van der Waals surface area contributed by atoms with E-state index in [-0.39, 0.29) is 0 Å². The van der Waals surface area contributed by atoms with Gasteiger partial charge >= 0.3 is 0 Å². The number of fused-ring (bicyclic) bond motifs is 2. The molecule has 2 unspecified atom stereocenters. The zero-order valence-electron chi connectivity index (χ0n) is 18.3. The Bertz CT molecular complexity index is 1340. The zero-order chi connectivity index (χ0) is 21.8. The third-order valence-electron chi connectivity index (χ3n) is 6.96. The molecule has 3 aromatic heterocycles. The average Bonchev–Trinajstić information content (AvgIpc) is 3.68. The van der Waals surface area contributed by atoms with Gasteiger partial charge in [-0.05, 0) is 86.3 Å². The molecule has 2 fully saturated rings. The van der Waals surface area contributed by atoms with Crippen molar-refractivity contribution in [1.29, 1.82) is 0 Å². The van der Waals surface area contributed by atoms with Crippen molar-refractivity contribution < 1.29 is 0 Å². The third kappa shape index (κ3) is 3.47. The van der Waals surface area contributed by atoms with Crippen molar-refractivity contribution in [1.82, 2.24) is 30.6 Å². The minimum Gasteiger partial charge on any atom is -0.341 e. The Morgan fingerprint density at radius 2 is 1.18 bits per heavy atom. The standard InChI is InChI=1S/C26H26N6S/c1-3-19(27-11-1)25-29-17-7-5-15(13-21(17)31-25)23-9-10-24(33-23)16-6-8-18-22(14-16)32-26(30-18)20-4-2-12-28-20/h5-10,13-14,19-20,27-28H,1-4,11-12H2,(H,29,31)(H,30,32). The molecule has 6 nitrogen and oxygen atoms in total. The molecule has 7 heteroatoms. The Morgan fingerprint density at radius 1 is 0.667 bits per heavy atom. The first-order valence-electron chi connectivity index (χ1n) is 11.9. The van der Waals surface area contributed by atoms with Crippen LogP contribution in [-0.4, -0.2) is 33.0 Å². The van der Waals surface area contributed by atoms with Crippen LogP contribution in [0.5, 0.6) is 0 Å². The molecule has 0 bridgehead atoms. The second kappa shape index (κ2) is 7.80. The maximum atomic E-state index is 4.81. The van der Waals surface area contributed by atoms with E-state index in [1.807, 2.05) is 11.3 Å². The van der Waals surface area contributed by atoms with Gasteiger partial charge in [-0.2, -0.15) is 0 Å². The molecular formula is C26H26N6S. The van der Waals surface area contributed by atoms with E-state index in [1.165, 1.54) is 33.7 Å². The summed E-state index contributed by atoms with van der Waals surface area (Å²) in [5, 5.41) is 7.06. The van der Waals surface area contributed by atoms with Crippen molar-refractivity contribution in [3.8, 4) is 20.9 Å². The monoisotopic (exact) mass is 454 g/mol. The Labute approximate surface area is 195 Å². The normalized spacial score (nSPS) is 21.0. The van der Waals surface area contributed by atoms with Gasteiger partial charge in [0.15, 0.2) is 0 Å². The summed E-state index contributed by atoms with van der Waals surface area (Å²) in [6.07, 6.45) is 4.74. The molecule has 2 aromatic carbocycles. The molecule has 0 radical (unpaired) electrons. The first-order valence-corrected chi connectivity index (χ1v) is 12.7. The summed E-state index contributed by atoms with van der Waals surface area (Å²) in [5.41, 5.74) is 6.75. The smallest absolute Gasteiger partial charge is 0.124 e. The summed E-state index contributed by atoms with van der Waals surface area (Å²) in [4.78, 5) is 19.3. The predicted molar refractivity (Wildman–Crippen MR) is 134 cm³/mol. The van der Waals surface area contributed by atoms with Crippen molar-refractivity contribution >= 4 is 33.4 Å². The van der Waals surface area contributed by atoms with Crippen LogP contribution in [0.25, 0.3) is 42.9 Å². The van der Waals surface area contributed by atoms with E-state index < -0.39 is 0 Å². The van der Waals surface area contributed by atoms with Crippen LogP contribution in [0.3, 0.4) is 0 Å². The van der Waals surface area contributed by atoms with Gasteiger partial charge in [-0.15, -0.1) is 11.3 Å². The topological polar surface area (TPSA) is 81.4 Å². The number of aromatic nitrogens is 4. The van der Waals surface area contributed by atoms with E-state index in [2.05, 4.69) is 69.1 Å². The van der Waals surface area contributed by atoms with Gasteiger partial charge in [-0.3, -0.25) is 0 Å². The van der Waals surface area contributed by atoms with E-state index in [1.54, 1.807) is 0 Å². The second-order valence-corrected chi connectivity index (χ2v) is 10.3. The quantitative estimate of drug-likeness (QED) is 0.281. The summed E-state index contributed by atoms with van der Waals surface area (Å²) < 4.78 is 0. The van der Waals surface area contributed by atoms with Crippen molar-refractivity contribution in [3.63, 3.8) is 0 Å². The van der Waals surface area contributed by atoms with Crippen LogP contribution in [0.2, 0.25) is 0 Å². The van der Waals surface area contributed by atoms with Gasteiger partial charge in [0, 0.05) is 9.75 Å². The van der Waals surface area contributed by atoms with Crippen molar-refractivity contribution in [2.75, 3.05) is 13.1 Å². The number of H-pyrrole nitrogens is 2. The van der Waals surface area contributed by atoms with Crippen LogP contribution in [0, 0.1) is 0 Å². The fourth-order valence-corrected chi connectivity index (χ4v) is 6.18. The van der Waals surface area contributed by atoms with Gasteiger partial charge in [-0.1, -0.05) is 12.1 Å². The molecule has 4 N–H and O–H groups in total. The van der Waals surface area contributed by atoms with Crippen LogP contribution in [0.4, 0.5) is 0 Å². The molecule has 33 heavy (non-hydrogen) atoms. The number of hydrogen-bond acceptors (Lipinski definition) is 5. The Hall–Kier alpha value is -3.00. The summed E-state index contributed by atoms with van der Waals surface area (Å²) in [7, 11) is 0. The van der Waals surface area contributed by atoms with Gasteiger partial charge in [0.05, 0.1) is 34.2 Å². The molecule has 166 valence electrons. The van der Waals surface area contributed by atoms with Gasteiger partial charge < -0.3 is 20.6 Å². The summed E-state index contributed by atoms with van der Waals surface area (Å²) in [6, 6.07) is 18.3. The van der Waals surface area contributed by atoms with Crippen LogP contribution in [0.1, 0.15) is 49.4 Å². The van der Waals surface area contributed by atoms with Crippen molar-refractivity contribution in [2.45, 2.75) is 37.8 Å². The second-order valence-electron chi connectivity index (χ2n) is 9.17. The van der Waals surface area contributed by atoms with E-state index >= 15 is 0 Å². The highest BCUT2D eigenvalue weighted by Gasteiger charge is 2.21. The maximum Gasteiger partial charge on any atom is 0.124 e. The van der Waals surface area contributed by atoms with E-state index in [4.69, 9.17) is 9.97 Å². The molecule has 2 saturated heterocycles. The molecule has 0 amide bonds. The number of nitrogens with zero attached hydrogens (tertiary/aromatic N) is 2. The maximum absolute atomic E-state index is 4.81. The predicted octanol–water partition coefficient (Wildman–Crippen LogP) is 5.68. The van der Waals surface area contributed by atoms with Gasteiger partial charge in [-0.25, -0.2) is 9.97 Å². The lowest BCUT2D eigenvalue weighted by Crippen LogP contribution is -2.13. The molecule has 2 aliphatic rings. The lowest BCUT2D eigenvalue weighted by molar-refractivity contribution is 0.614. The molecule has 5 heterocycles. The van der Waals surface area contributed by atoms with Crippen LogP contribution in [-0.2, 0) is 0 Å². The summed E-state index contributed by atoms with van der Waals surface area (Å²) >= 11 is 1.83. The van der Waals surface area contributed by atoms with Crippen LogP contribution < -0.4 is 10.6 Å². The fraction of sp³-hybridized carbons (Fsp3) is 0.308. The molecule has 0 aliphatic carbocycles. The number of aromatic amines is 2. The number of hydrogen-bond donors (Lipinski definition) is 4. The number of nitrogens with one attached hydrogen (secondary N) is 4. The average molecular weight is 455 g/mol. The van der Waals surface area contributed by atoms with Gasteiger partial charge in [0.2, 0.25) is 0 Å². The Kier molecular flexibility index (Phi) is 4.60. The lowest BCUT2D eigenvalue weighted by Gasteiger charge is -2.04. The number of thiophene rings is 1. The highest BCUT2D eigenvalue weighted by molar-refractivity contribution is 7.18. The molecular weight excluding hydrogens is 428 g/mol. The van der Waals surface area contributed by atoms with Crippen molar-refractivity contribution in [2.24, 2.45) is 0 Å². The van der Waals surface area contributed by atoms with Crippen LogP contribution in [0.15, 0.2) is 48.5 Å². The molecule has 2 atom stereocenters. The zero-order valence-corrected chi connectivity index (χ0v) is 19.1. The van der Waals surface area contributed by atoms with Crippen LogP contribution >= 0.6 is 11.3 Å². The number of rotatable bonds is 4. The highest BCUT2D eigenvalue weighted by Crippen LogP contribution is 2.37. The van der Waals surface area contributed by atoms with Crippen molar-refractivity contribution in [3.05, 3.63) is 60.2 Å². The summed E-state index contributed by atoms with van der Waals surface area (Å²) in [5.74, 6) is 2.12. The highest BCUT2D eigenvalue weighted by atomic mass is 32.1. The molecule has 7 rings (SSSR count). The molecule has 0 spiro atoms. The largest absolute Gasteiger partial charge is 0.341 e. The molecule has 2 aliphatic heterocycles. The number of imidazole rings is 2. The fourth-order valence-electron chi connectivity index (χ4n) is 5.18. The minimum absolute atomic E-state index is 0.358. The third-order valence-corrected chi connectivity index (χ3v) is 8.14. The summed E-state index contributed by atoms with van der Waals surface area (Å²) in [6.45, 7) is 2.15. The first-order chi connectivity index (χ1) is 16.3. The van der Waals surface area contributed by atoms with E-state index in [9.17, 15) is 0 Å². The molecule has 0 saturated carbocycles. The van der Waals surface area contributed by atoms with Gasteiger partial charge in [0.1, 0.15) is 11.6 Å². The SMILES string of the molecule is c1cc2nc(C3CCCN3)[nH]c2cc1-c1ccc(-c2ccc3nc(C4CCCN4)[nH]c3c2)s1.